The average molecular weight is 399 g/mol. The molecule has 0 bridgehead atoms. The monoisotopic (exact) mass is 398 g/mol. The Labute approximate surface area is 183 Å². The minimum absolute atomic E-state index is 1.22. The van der Waals surface area contributed by atoms with Gasteiger partial charge >= 0.3 is 0 Å². The van der Waals surface area contributed by atoms with Crippen LogP contribution in [0.5, 0.6) is 0 Å². The molecule has 0 saturated heterocycles. The van der Waals surface area contributed by atoms with Crippen molar-refractivity contribution in [1.29, 1.82) is 0 Å². The van der Waals surface area contributed by atoms with E-state index in [-0.39, 0.29) is 0 Å². The van der Waals surface area contributed by atoms with Gasteiger partial charge in [0.2, 0.25) is 0 Å². The summed E-state index contributed by atoms with van der Waals surface area (Å²) in [5.74, 6) is 0. The Kier molecular flexibility index (Phi) is 5.16. The van der Waals surface area contributed by atoms with Gasteiger partial charge in [-0.1, -0.05) is 91.0 Å². The lowest BCUT2D eigenvalue weighted by Gasteiger charge is -2.18. The second-order valence-electron chi connectivity index (χ2n) is 7.80. The van der Waals surface area contributed by atoms with Gasteiger partial charge in [-0.25, -0.2) is 4.57 Å². The fourth-order valence-electron chi connectivity index (χ4n) is 4.11. The lowest BCUT2D eigenvalue weighted by Crippen LogP contribution is -2.25. The van der Waals surface area contributed by atoms with Crippen LogP contribution in [0.1, 0.15) is 0 Å². The molecule has 0 saturated carbocycles. The Morgan fingerprint density at radius 1 is 0.419 bits per heavy atom. The zero-order valence-corrected chi connectivity index (χ0v) is 17.6. The Morgan fingerprint density at radius 3 is 1.29 bits per heavy atom. The number of aromatic nitrogens is 1. The first-order valence-corrected chi connectivity index (χ1v) is 10.6. The zero-order chi connectivity index (χ0) is 21.0. The second kappa shape index (κ2) is 8.41. The number of rotatable bonds is 4. The van der Waals surface area contributed by atoms with Crippen molar-refractivity contribution < 1.29 is 4.57 Å². The number of pyridine rings is 1. The van der Waals surface area contributed by atoms with Crippen molar-refractivity contribution in [1.82, 2.24) is 0 Å². The van der Waals surface area contributed by atoms with Gasteiger partial charge in [-0.15, -0.1) is 0 Å². The van der Waals surface area contributed by atoms with Gasteiger partial charge < -0.3 is 0 Å². The van der Waals surface area contributed by atoms with Crippen LogP contribution >= 0.6 is 0 Å². The summed E-state index contributed by atoms with van der Waals surface area (Å²) in [5, 5.41) is 0. The number of benzene rings is 4. The highest BCUT2D eigenvalue weighted by atomic mass is 14.9. The van der Waals surface area contributed by atoms with Gasteiger partial charge in [-0.05, 0) is 56.6 Å². The highest BCUT2D eigenvalue weighted by Gasteiger charge is 2.17. The number of aryl methyl sites for hydroxylation is 1. The molecule has 0 radical (unpaired) electrons. The van der Waals surface area contributed by atoms with E-state index in [9.17, 15) is 0 Å². The largest absolute Gasteiger partial charge is 0.208 e. The molecule has 148 valence electrons. The van der Waals surface area contributed by atoms with Crippen molar-refractivity contribution in [3.63, 3.8) is 0 Å². The van der Waals surface area contributed by atoms with Crippen LogP contribution in [0, 0.1) is 0 Å². The quantitative estimate of drug-likeness (QED) is 0.282. The third-order valence-corrected chi connectivity index (χ3v) is 5.68. The lowest BCUT2D eigenvalue weighted by molar-refractivity contribution is -0.671. The van der Waals surface area contributed by atoms with Crippen molar-refractivity contribution in [2.75, 3.05) is 0 Å². The predicted octanol–water partition coefficient (Wildman–Crippen LogP) is 7.18. The van der Waals surface area contributed by atoms with E-state index < -0.39 is 0 Å². The molecule has 1 heterocycles. The fraction of sp³-hybridized carbons (Fsp3) is 0.0333. The maximum absolute atomic E-state index is 2.33. The van der Waals surface area contributed by atoms with Crippen molar-refractivity contribution in [3.05, 3.63) is 128 Å². The first-order valence-electron chi connectivity index (χ1n) is 10.6. The third kappa shape index (κ3) is 3.91. The van der Waals surface area contributed by atoms with E-state index in [1.54, 1.807) is 0 Å². The molecular formula is C30H24N+. The molecular weight excluding hydrogens is 374 g/mol. The normalized spacial score (nSPS) is 10.7. The standard InChI is InChI=1S/C30H24N/c1-31-19-17-26(18-20-31)30-28(24-13-7-3-8-14-24)21-27(23-11-5-2-6-12-23)22-29(30)25-15-9-4-10-16-25/h2-22H,1H3/q+1. The van der Waals surface area contributed by atoms with E-state index in [1.807, 2.05) is 0 Å². The van der Waals surface area contributed by atoms with Crippen LogP contribution < -0.4 is 4.57 Å². The highest BCUT2D eigenvalue weighted by molar-refractivity contribution is 5.97. The SMILES string of the molecule is C[n+]1ccc(-c2c(-c3ccccc3)cc(-c3ccccc3)cc2-c2ccccc2)cc1. The predicted molar refractivity (Wildman–Crippen MR) is 129 cm³/mol. The Morgan fingerprint density at radius 2 is 0.839 bits per heavy atom. The van der Waals surface area contributed by atoms with E-state index in [4.69, 9.17) is 0 Å². The summed E-state index contributed by atoms with van der Waals surface area (Å²) in [5.41, 5.74) is 9.87. The minimum Gasteiger partial charge on any atom is -0.208 e. The molecule has 0 aliphatic heterocycles. The third-order valence-electron chi connectivity index (χ3n) is 5.68. The molecule has 31 heavy (non-hydrogen) atoms. The van der Waals surface area contributed by atoms with Crippen LogP contribution in [0.4, 0.5) is 0 Å². The number of hydrogen-bond donors (Lipinski definition) is 0. The first kappa shape index (κ1) is 19.0. The molecule has 0 aliphatic rings. The molecule has 1 aromatic heterocycles. The van der Waals surface area contributed by atoms with Crippen LogP contribution in [0.2, 0.25) is 0 Å². The molecule has 0 unspecified atom stereocenters. The molecule has 1 nitrogen and oxygen atoms in total. The van der Waals surface area contributed by atoms with Crippen LogP contribution in [-0.4, -0.2) is 0 Å². The average Bonchev–Trinajstić information content (AvgIpc) is 2.85. The van der Waals surface area contributed by atoms with Gasteiger partial charge in [0.15, 0.2) is 12.4 Å². The maximum Gasteiger partial charge on any atom is 0.169 e. The van der Waals surface area contributed by atoms with Gasteiger partial charge in [0, 0.05) is 12.1 Å². The lowest BCUT2D eigenvalue weighted by atomic mass is 9.85. The summed E-state index contributed by atoms with van der Waals surface area (Å²) in [6.45, 7) is 0. The molecule has 5 rings (SSSR count). The summed E-state index contributed by atoms with van der Waals surface area (Å²) in [6, 6.07) is 41.1. The molecule has 5 aromatic rings. The van der Waals surface area contributed by atoms with Gasteiger partial charge in [-0.2, -0.15) is 0 Å². The van der Waals surface area contributed by atoms with E-state index in [0.29, 0.717) is 0 Å². The van der Waals surface area contributed by atoms with Crippen LogP contribution in [0.3, 0.4) is 0 Å². The molecule has 0 aliphatic carbocycles. The van der Waals surface area contributed by atoms with Gasteiger partial charge in [-0.3, -0.25) is 0 Å². The Bertz CT molecular complexity index is 1230. The summed E-state index contributed by atoms with van der Waals surface area (Å²) in [7, 11) is 2.05. The number of nitrogens with zero attached hydrogens (tertiary/aromatic N) is 1. The van der Waals surface area contributed by atoms with Crippen molar-refractivity contribution in [2.24, 2.45) is 7.05 Å². The molecule has 4 aromatic carbocycles. The van der Waals surface area contributed by atoms with Crippen LogP contribution in [0.25, 0.3) is 44.5 Å². The highest BCUT2D eigenvalue weighted by Crippen LogP contribution is 2.42. The van der Waals surface area contributed by atoms with Gasteiger partial charge in [0.25, 0.3) is 0 Å². The topological polar surface area (TPSA) is 3.88 Å². The Balaban J connectivity index is 1.87. The molecule has 1 heteroatoms. The van der Waals surface area contributed by atoms with Gasteiger partial charge in [0.1, 0.15) is 7.05 Å². The smallest absolute Gasteiger partial charge is 0.169 e. The zero-order valence-electron chi connectivity index (χ0n) is 17.6. The fourth-order valence-corrected chi connectivity index (χ4v) is 4.11. The summed E-state index contributed by atoms with van der Waals surface area (Å²) in [6.07, 6.45) is 4.23. The summed E-state index contributed by atoms with van der Waals surface area (Å²) in [4.78, 5) is 0. The Hall–Kier alpha value is -3.97. The van der Waals surface area contributed by atoms with E-state index in [1.165, 1.54) is 44.5 Å². The second-order valence-corrected chi connectivity index (χ2v) is 7.80. The van der Waals surface area contributed by atoms with Crippen LogP contribution in [0.15, 0.2) is 128 Å². The molecule has 0 fully saturated rings. The van der Waals surface area contributed by atoms with E-state index in [2.05, 4.69) is 139 Å². The van der Waals surface area contributed by atoms with E-state index in [0.717, 1.165) is 0 Å². The minimum atomic E-state index is 1.22. The molecule has 0 atom stereocenters. The van der Waals surface area contributed by atoms with Gasteiger partial charge in [0.05, 0.1) is 0 Å². The summed E-state index contributed by atoms with van der Waals surface area (Å²) >= 11 is 0. The first-order chi connectivity index (χ1) is 15.3. The maximum atomic E-state index is 2.33. The summed E-state index contributed by atoms with van der Waals surface area (Å²) < 4.78 is 2.08. The van der Waals surface area contributed by atoms with Crippen molar-refractivity contribution in [3.8, 4) is 44.5 Å². The molecule has 0 spiro atoms. The van der Waals surface area contributed by atoms with Crippen molar-refractivity contribution >= 4 is 0 Å². The van der Waals surface area contributed by atoms with E-state index >= 15 is 0 Å². The van der Waals surface area contributed by atoms with Crippen LogP contribution in [-0.2, 0) is 7.05 Å². The molecule has 0 amide bonds. The van der Waals surface area contributed by atoms with Crippen molar-refractivity contribution in [2.45, 2.75) is 0 Å². The molecule has 0 N–H and O–H groups in total. The number of hydrogen-bond acceptors (Lipinski definition) is 0.